The quantitative estimate of drug-likeness (QED) is 0.647. The molecule has 1 aromatic heterocycles. The second kappa shape index (κ2) is 9.01. The van der Waals surface area contributed by atoms with Crippen LogP contribution < -0.4 is 10.1 Å². The highest BCUT2D eigenvalue weighted by atomic mass is 19.1. The van der Waals surface area contributed by atoms with E-state index in [1.54, 1.807) is 13.1 Å². The number of hydrogen-bond donors (Lipinski definition) is 1. The zero-order chi connectivity index (χ0) is 18.2. The standard InChI is InChI=1S/C19H25FN4O/c1-14-5-6-15(12-23-14)9-10-22-19(21-2)24(3)13-16-7-8-18(25-4)17(20)11-16/h5-8,11-12H,9-10,13H2,1-4H3,(H,21,22). The summed E-state index contributed by atoms with van der Waals surface area (Å²) in [6.07, 6.45) is 2.75. The number of aromatic nitrogens is 1. The molecule has 0 amide bonds. The van der Waals surface area contributed by atoms with Crippen molar-refractivity contribution in [2.75, 3.05) is 27.7 Å². The van der Waals surface area contributed by atoms with Crippen LogP contribution in [0.15, 0.2) is 41.5 Å². The number of guanidine groups is 1. The fourth-order valence-electron chi connectivity index (χ4n) is 2.51. The van der Waals surface area contributed by atoms with Crippen molar-refractivity contribution in [3.63, 3.8) is 0 Å². The molecule has 0 fully saturated rings. The first-order valence-corrected chi connectivity index (χ1v) is 8.19. The molecule has 0 saturated heterocycles. The number of hydrogen-bond acceptors (Lipinski definition) is 3. The third kappa shape index (κ3) is 5.45. The minimum Gasteiger partial charge on any atom is -0.494 e. The van der Waals surface area contributed by atoms with Crippen LogP contribution in [0, 0.1) is 12.7 Å². The summed E-state index contributed by atoms with van der Waals surface area (Å²) >= 11 is 0. The zero-order valence-electron chi connectivity index (χ0n) is 15.2. The van der Waals surface area contributed by atoms with E-state index in [1.807, 2.05) is 37.2 Å². The Morgan fingerprint density at radius 2 is 2.04 bits per heavy atom. The Hall–Kier alpha value is -2.63. The minimum atomic E-state index is -0.358. The molecule has 0 saturated carbocycles. The summed E-state index contributed by atoms with van der Waals surface area (Å²) in [6, 6.07) is 9.06. The lowest BCUT2D eigenvalue weighted by Crippen LogP contribution is -2.39. The third-order valence-electron chi connectivity index (χ3n) is 3.88. The van der Waals surface area contributed by atoms with Crippen LogP contribution in [0.1, 0.15) is 16.8 Å². The molecule has 1 aromatic carbocycles. The Morgan fingerprint density at radius 3 is 2.64 bits per heavy atom. The molecule has 1 heterocycles. The predicted molar refractivity (Wildman–Crippen MR) is 98.5 cm³/mol. The Morgan fingerprint density at radius 1 is 1.28 bits per heavy atom. The van der Waals surface area contributed by atoms with Crippen molar-refractivity contribution in [3.8, 4) is 5.75 Å². The third-order valence-corrected chi connectivity index (χ3v) is 3.88. The van der Waals surface area contributed by atoms with E-state index in [9.17, 15) is 4.39 Å². The molecule has 0 aliphatic rings. The predicted octanol–water partition coefficient (Wildman–Crippen LogP) is 2.79. The van der Waals surface area contributed by atoms with Gasteiger partial charge in [-0.25, -0.2) is 4.39 Å². The van der Waals surface area contributed by atoms with Gasteiger partial charge in [-0.2, -0.15) is 0 Å². The van der Waals surface area contributed by atoms with Gasteiger partial charge in [0.15, 0.2) is 17.5 Å². The van der Waals surface area contributed by atoms with Gasteiger partial charge in [0.2, 0.25) is 0 Å². The number of aryl methyl sites for hydroxylation is 1. The summed E-state index contributed by atoms with van der Waals surface area (Å²) in [7, 11) is 5.12. The van der Waals surface area contributed by atoms with Crippen molar-refractivity contribution < 1.29 is 9.13 Å². The summed E-state index contributed by atoms with van der Waals surface area (Å²) in [5.41, 5.74) is 3.04. The van der Waals surface area contributed by atoms with Crippen molar-refractivity contribution in [1.29, 1.82) is 0 Å². The molecule has 6 heteroatoms. The average molecular weight is 344 g/mol. The molecule has 0 unspecified atom stereocenters. The smallest absolute Gasteiger partial charge is 0.193 e. The second-order valence-electron chi connectivity index (χ2n) is 5.86. The first-order chi connectivity index (χ1) is 12.0. The van der Waals surface area contributed by atoms with Crippen LogP contribution in [-0.2, 0) is 13.0 Å². The molecule has 1 N–H and O–H groups in total. The minimum absolute atomic E-state index is 0.251. The molecule has 0 aliphatic carbocycles. The summed E-state index contributed by atoms with van der Waals surface area (Å²) < 4.78 is 18.8. The van der Waals surface area contributed by atoms with Crippen molar-refractivity contribution in [2.45, 2.75) is 19.9 Å². The molecular formula is C19H25FN4O. The van der Waals surface area contributed by atoms with E-state index in [-0.39, 0.29) is 11.6 Å². The fourth-order valence-corrected chi connectivity index (χ4v) is 2.51. The van der Waals surface area contributed by atoms with Gasteiger partial charge in [0.05, 0.1) is 7.11 Å². The number of nitrogens with zero attached hydrogens (tertiary/aromatic N) is 3. The van der Waals surface area contributed by atoms with E-state index in [0.29, 0.717) is 6.54 Å². The molecule has 0 atom stereocenters. The van der Waals surface area contributed by atoms with E-state index in [0.717, 1.165) is 30.2 Å². The fraction of sp³-hybridized carbons (Fsp3) is 0.368. The van der Waals surface area contributed by atoms with Crippen molar-refractivity contribution >= 4 is 5.96 Å². The molecule has 134 valence electrons. The number of nitrogens with one attached hydrogen (secondary N) is 1. The molecular weight excluding hydrogens is 319 g/mol. The molecule has 2 aromatic rings. The SMILES string of the molecule is CN=C(NCCc1ccc(C)nc1)N(C)Cc1ccc(OC)c(F)c1. The average Bonchev–Trinajstić information content (AvgIpc) is 2.60. The van der Waals surface area contributed by atoms with E-state index >= 15 is 0 Å². The van der Waals surface area contributed by atoms with E-state index in [4.69, 9.17) is 4.74 Å². The van der Waals surface area contributed by atoms with Crippen molar-refractivity contribution in [2.24, 2.45) is 4.99 Å². The maximum atomic E-state index is 13.8. The van der Waals surface area contributed by atoms with Crippen LogP contribution >= 0.6 is 0 Å². The van der Waals surface area contributed by atoms with Crippen molar-refractivity contribution in [3.05, 3.63) is 59.2 Å². The Labute approximate surface area is 148 Å². The van der Waals surface area contributed by atoms with Crippen LogP contribution in [0.4, 0.5) is 4.39 Å². The molecule has 5 nitrogen and oxygen atoms in total. The van der Waals surface area contributed by atoms with E-state index < -0.39 is 0 Å². The Kier molecular flexibility index (Phi) is 6.74. The first kappa shape index (κ1) is 18.7. The summed E-state index contributed by atoms with van der Waals surface area (Å²) in [5, 5.41) is 3.32. The van der Waals surface area contributed by atoms with Gasteiger partial charge in [-0.15, -0.1) is 0 Å². The van der Waals surface area contributed by atoms with Gasteiger partial charge in [0, 0.05) is 39.1 Å². The van der Waals surface area contributed by atoms with Crippen LogP contribution in [0.25, 0.3) is 0 Å². The van der Waals surface area contributed by atoms with Gasteiger partial charge in [-0.1, -0.05) is 12.1 Å². The molecule has 0 aliphatic heterocycles. The summed E-state index contributed by atoms with van der Waals surface area (Å²) in [6.45, 7) is 3.27. The zero-order valence-corrected chi connectivity index (χ0v) is 15.2. The monoisotopic (exact) mass is 344 g/mol. The van der Waals surface area contributed by atoms with Gasteiger partial charge in [0.1, 0.15) is 0 Å². The van der Waals surface area contributed by atoms with E-state index in [1.165, 1.54) is 18.7 Å². The van der Waals surface area contributed by atoms with Gasteiger partial charge < -0.3 is 15.0 Å². The van der Waals surface area contributed by atoms with Gasteiger partial charge in [-0.3, -0.25) is 9.98 Å². The van der Waals surface area contributed by atoms with Gasteiger partial charge in [0.25, 0.3) is 0 Å². The molecule has 0 radical (unpaired) electrons. The number of benzene rings is 1. The van der Waals surface area contributed by atoms with E-state index in [2.05, 4.69) is 21.4 Å². The number of methoxy groups -OCH3 is 1. The van der Waals surface area contributed by atoms with Crippen LogP contribution in [0.2, 0.25) is 0 Å². The molecule has 0 bridgehead atoms. The molecule has 25 heavy (non-hydrogen) atoms. The summed E-state index contributed by atoms with van der Waals surface area (Å²) in [5.74, 6) is 0.653. The van der Waals surface area contributed by atoms with Crippen molar-refractivity contribution in [1.82, 2.24) is 15.2 Å². The maximum Gasteiger partial charge on any atom is 0.193 e. The number of rotatable bonds is 6. The largest absolute Gasteiger partial charge is 0.494 e. The highest BCUT2D eigenvalue weighted by molar-refractivity contribution is 5.79. The van der Waals surface area contributed by atoms with Crippen LogP contribution in [0.3, 0.4) is 0 Å². The Balaban J connectivity index is 1.89. The summed E-state index contributed by atoms with van der Waals surface area (Å²) in [4.78, 5) is 10.5. The number of halogens is 1. The molecule has 2 rings (SSSR count). The molecule has 0 spiro atoms. The van der Waals surface area contributed by atoms with Gasteiger partial charge in [-0.05, 0) is 42.7 Å². The highest BCUT2D eigenvalue weighted by Crippen LogP contribution is 2.18. The highest BCUT2D eigenvalue weighted by Gasteiger charge is 2.09. The first-order valence-electron chi connectivity index (χ1n) is 8.19. The number of ether oxygens (including phenoxy) is 1. The lowest BCUT2D eigenvalue weighted by atomic mass is 10.2. The second-order valence-corrected chi connectivity index (χ2v) is 5.86. The van der Waals surface area contributed by atoms with Crippen LogP contribution in [0.5, 0.6) is 5.75 Å². The lowest BCUT2D eigenvalue weighted by molar-refractivity contribution is 0.385. The topological polar surface area (TPSA) is 49.8 Å². The number of pyridine rings is 1. The van der Waals surface area contributed by atoms with Gasteiger partial charge >= 0.3 is 0 Å². The van der Waals surface area contributed by atoms with Crippen LogP contribution in [-0.4, -0.2) is 43.6 Å². The normalized spacial score (nSPS) is 11.3. The maximum absolute atomic E-state index is 13.8. The number of aliphatic imine (C=N–C) groups is 1. The Bertz CT molecular complexity index is 716. The lowest BCUT2D eigenvalue weighted by Gasteiger charge is -2.22.